The van der Waals surface area contributed by atoms with Crippen LogP contribution in [-0.4, -0.2) is 38.8 Å². The highest BCUT2D eigenvalue weighted by atomic mass is 32.2. The van der Waals surface area contributed by atoms with Crippen LogP contribution in [0.5, 0.6) is 0 Å². The van der Waals surface area contributed by atoms with Gasteiger partial charge < -0.3 is 10.2 Å². The van der Waals surface area contributed by atoms with Gasteiger partial charge in [-0.25, -0.2) is 12.8 Å². The smallest absolute Gasteiger partial charge is 0.243 e. The van der Waals surface area contributed by atoms with Crippen LogP contribution in [0, 0.1) is 11.7 Å². The van der Waals surface area contributed by atoms with E-state index < -0.39 is 15.8 Å². The van der Waals surface area contributed by atoms with E-state index in [1.54, 1.807) is 0 Å². The Bertz CT molecular complexity index is 1050. The number of nitrogens with zero attached hydrogens (tertiary/aromatic N) is 2. The van der Waals surface area contributed by atoms with Crippen LogP contribution in [0.3, 0.4) is 0 Å². The monoisotopic (exact) mass is 461 g/mol. The van der Waals surface area contributed by atoms with Gasteiger partial charge in [-0.15, -0.1) is 0 Å². The van der Waals surface area contributed by atoms with Crippen LogP contribution in [0.25, 0.3) is 0 Å². The molecule has 1 N–H and O–H groups in total. The maximum Gasteiger partial charge on any atom is 0.243 e. The number of sulfonamides is 1. The third-order valence-electron chi connectivity index (χ3n) is 6.13. The van der Waals surface area contributed by atoms with E-state index >= 15 is 0 Å². The lowest BCUT2D eigenvalue weighted by Crippen LogP contribution is -2.38. The molecule has 2 aromatic carbocycles. The van der Waals surface area contributed by atoms with Crippen molar-refractivity contribution in [1.82, 2.24) is 4.31 Å². The average Bonchev–Trinajstić information content (AvgIpc) is 2.70. The molecule has 1 amide bonds. The SMILES string of the molecule is CCC(C)N(Cc1cc(NC(=O)C2CCC2)ccc1N(C)C)S(=O)(=O)c1ccc(F)cc1. The fraction of sp³-hybridized carbons (Fsp3) is 0.458. The molecule has 1 aliphatic rings. The highest BCUT2D eigenvalue weighted by molar-refractivity contribution is 7.89. The van der Waals surface area contributed by atoms with Gasteiger partial charge in [-0.2, -0.15) is 4.31 Å². The molecule has 2 aromatic rings. The fourth-order valence-electron chi connectivity index (χ4n) is 3.73. The zero-order valence-corrected chi connectivity index (χ0v) is 20.0. The van der Waals surface area contributed by atoms with E-state index in [0.717, 1.165) is 42.6 Å². The highest BCUT2D eigenvalue weighted by Gasteiger charge is 2.30. The van der Waals surface area contributed by atoms with Gasteiger partial charge in [0.25, 0.3) is 0 Å². The van der Waals surface area contributed by atoms with Crippen molar-refractivity contribution in [2.75, 3.05) is 24.3 Å². The van der Waals surface area contributed by atoms with Crippen LogP contribution in [0.1, 0.15) is 45.1 Å². The fourth-order valence-corrected chi connectivity index (χ4v) is 5.41. The van der Waals surface area contributed by atoms with Crippen molar-refractivity contribution in [2.45, 2.75) is 57.0 Å². The van der Waals surface area contributed by atoms with Gasteiger partial charge in [-0.1, -0.05) is 13.3 Å². The molecule has 1 aliphatic carbocycles. The van der Waals surface area contributed by atoms with E-state index in [2.05, 4.69) is 5.32 Å². The third kappa shape index (κ3) is 5.30. The minimum Gasteiger partial charge on any atom is -0.377 e. The standard InChI is InChI=1S/C24H32FN3O3S/c1-5-17(2)28(32(30,31)22-12-9-20(25)10-13-22)16-19-15-21(11-14-23(19)27(3)4)26-24(29)18-7-6-8-18/h9-15,17-18H,5-8,16H2,1-4H3,(H,26,29). The van der Waals surface area contributed by atoms with Gasteiger partial charge in [-0.3, -0.25) is 4.79 Å². The number of anilines is 2. The molecule has 174 valence electrons. The van der Waals surface area contributed by atoms with E-state index in [1.165, 1.54) is 16.4 Å². The van der Waals surface area contributed by atoms with Gasteiger partial charge >= 0.3 is 0 Å². The van der Waals surface area contributed by atoms with Gasteiger partial charge in [0, 0.05) is 44.0 Å². The van der Waals surface area contributed by atoms with E-state index in [9.17, 15) is 17.6 Å². The van der Waals surface area contributed by atoms with Crippen LogP contribution in [0.15, 0.2) is 47.4 Å². The Kier molecular flexibility index (Phi) is 7.56. The van der Waals surface area contributed by atoms with Gasteiger partial charge in [0.15, 0.2) is 0 Å². The maximum atomic E-state index is 13.4. The molecule has 6 nitrogen and oxygen atoms in total. The topological polar surface area (TPSA) is 69.7 Å². The molecule has 1 fully saturated rings. The summed E-state index contributed by atoms with van der Waals surface area (Å²) in [6.45, 7) is 3.92. The van der Waals surface area contributed by atoms with E-state index in [1.807, 2.05) is 51.0 Å². The molecule has 1 unspecified atom stereocenters. The van der Waals surface area contributed by atoms with Crippen LogP contribution in [0.2, 0.25) is 0 Å². The van der Waals surface area contributed by atoms with Crippen molar-refractivity contribution in [3.8, 4) is 0 Å². The number of rotatable bonds is 9. The first-order valence-corrected chi connectivity index (χ1v) is 12.5. The summed E-state index contributed by atoms with van der Waals surface area (Å²) in [5, 5.41) is 2.98. The number of amides is 1. The van der Waals surface area contributed by atoms with Crippen molar-refractivity contribution >= 4 is 27.3 Å². The first kappa shape index (κ1) is 24.2. The van der Waals surface area contributed by atoms with Crippen molar-refractivity contribution in [1.29, 1.82) is 0 Å². The van der Waals surface area contributed by atoms with Crippen LogP contribution in [0.4, 0.5) is 15.8 Å². The lowest BCUT2D eigenvalue weighted by atomic mass is 9.85. The van der Waals surface area contributed by atoms with Gasteiger partial charge in [-0.05, 0) is 74.2 Å². The van der Waals surface area contributed by atoms with Gasteiger partial charge in [0.05, 0.1) is 4.90 Å². The van der Waals surface area contributed by atoms with E-state index in [0.29, 0.717) is 12.1 Å². The molecule has 0 saturated heterocycles. The van der Waals surface area contributed by atoms with Crippen LogP contribution in [-0.2, 0) is 21.4 Å². The van der Waals surface area contributed by atoms with Crippen molar-refractivity contribution in [3.63, 3.8) is 0 Å². The number of carbonyl (C=O) groups is 1. The molecule has 1 atom stereocenters. The Hall–Kier alpha value is -2.45. The molecule has 0 aromatic heterocycles. The summed E-state index contributed by atoms with van der Waals surface area (Å²) < 4.78 is 41.7. The number of benzene rings is 2. The summed E-state index contributed by atoms with van der Waals surface area (Å²) in [5.41, 5.74) is 2.31. The molecular formula is C24H32FN3O3S. The van der Waals surface area contributed by atoms with Crippen LogP contribution < -0.4 is 10.2 Å². The maximum absolute atomic E-state index is 13.4. The van der Waals surface area contributed by atoms with Gasteiger partial charge in [0.1, 0.15) is 5.82 Å². The second-order valence-corrected chi connectivity index (χ2v) is 10.5. The predicted octanol–water partition coefficient (Wildman–Crippen LogP) is 4.62. The molecule has 32 heavy (non-hydrogen) atoms. The molecule has 0 spiro atoms. The van der Waals surface area contributed by atoms with E-state index in [4.69, 9.17) is 0 Å². The number of nitrogens with one attached hydrogen (secondary N) is 1. The number of halogens is 1. The van der Waals surface area contributed by atoms with Gasteiger partial charge in [0.2, 0.25) is 15.9 Å². The average molecular weight is 462 g/mol. The van der Waals surface area contributed by atoms with Crippen molar-refractivity contribution in [3.05, 3.63) is 53.8 Å². The minimum absolute atomic E-state index is 0.0116. The summed E-state index contributed by atoms with van der Waals surface area (Å²) in [7, 11) is -0.0605. The summed E-state index contributed by atoms with van der Waals surface area (Å²) in [6.07, 6.45) is 3.52. The molecule has 3 rings (SSSR count). The molecule has 0 bridgehead atoms. The minimum atomic E-state index is -3.85. The lowest BCUT2D eigenvalue weighted by molar-refractivity contribution is -0.122. The Morgan fingerprint density at radius 3 is 2.34 bits per heavy atom. The second-order valence-electron chi connectivity index (χ2n) is 8.62. The Labute approximate surface area is 190 Å². The van der Waals surface area contributed by atoms with Crippen LogP contribution >= 0.6 is 0 Å². The predicted molar refractivity (Wildman–Crippen MR) is 126 cm³/mol. The summed E-state index contributed by atoms with van der Waals surface area (Å²) in [4.78, 5) is 14.4. The van der Waals surface area contributed by atoms with Crippen molar-refractivity contribution < 1.29 is 17.6 Å². The first-order valence-electron chi connectivity index (χ1n) is 11.0. The normalized spacial score (nSPS) is 15.3. The number of hydrogen-bond acceptors (Lipinski definition) is 4. The quantitative estimate of drug-likeness (QED) is 0.592. The molecule has 8 heteroatoms. The Balaban J connectivity index is 1.96. The molecule has 1 saturated carbocycles. The third-order valence-corrected chi connectivity index (χ3v) is 8.11. The number of hydrogen-bond donors (Lipinski definition) is 1. The lowest BCUT2D eigenvalue weighted by Gasteiger charge is -2.30. The van der Waals surface area contributed by atoms with Crippen molar-refractivity contribution in [2.24, 2.45) is 5.92 Å². The summed E-state index contributed by atoms with van der Waals surface area (Å²) >= 11 is 0. The summed E-state index contributed by atoms with van der Waals surface area (Å²) in [5.74, 6) is -0.413. The Morgan fingerprint density at radius 2 is 1.81 bits per heavy atom. The molecule has 0 aliphatic heterocycles. The molecule has 0 radical (unpaired) electrons. The summed E-state index contributed by atoms with van der Waals surface area (Å²) in [6, 6.07) is 10.2. The molecule has 0 heterocycles. The zero-order valence-electron chi connectivity index (χ0n) is 19.1. The second kappa shape index (κ2) is 10.0. The highest BCUT2D eigenvalue weighted by Crippen LogP contribution is 2.31. The largest absolute Gasteiger partial charge is 0.377 e. The Morgan fingerprint density at radius 1 is 1.16 bits per heavy atom. The van der Waals surface area contributed by atoms with E-state index in [-0.39, 0.29) is 29.3 Å². The zero-order chi connectivity index (χ0) is 23.5. The first-order chi connectivity index (χ1) is 15.1. The number of carbonyl (C=O) groups excluding carboxylic acids is 1. The molecular weight excluding hydrogens is 429 g/mol.